The first kappa shape index (κ1) is 24.4. The van der Waals surface area contributed by atoms with Crippen LogP contribution in [0.5, 0.6) is 0 Å². The molecule has 10 heteroatoms. The predicted octanol–water partition coefficient (Wildman–Crippen LogP) is 4.81. The quantitative estimate of drug-likeness (QED) is 0.503. The standard InChI is InChI=1S/C25H22F5N3O2/c26-18-6-7-19(20(27)14-18)24-21-5-2-10-32(21)11-12-33(24)23(35)9-8-22(34)31-15-16-3-1-4-17(13-16)25(28,29)30/h1-7,10,13-14,24H,8-9,11-12,15H2,(H,31,34). The number of amides is 2. The van der Waals surface area contributed by atoms with Crippen LogP contribution >= 0.6 is 0 Å². The second-order valence-electron chi connectivity index (χ2n) is 8.26. The highest BCUT2D eigenvalue weighted by molar-refractivity contribution is 5.84. The van der Waals surface area contributed by atoms with E-state index in [4.69, 9.17) is 0 Å². The van der Waals surface area contributed by atoms with E-state index in [1.807, 2.05) is 10.8 Å². The molecule has 1 atom stereocenters. The number of nitrogens with zero attached hydrogens (tertiary/aromatic N) is 2. The van der Waals surface area contributed by atoms with Gasteiger partial charge in [0.25, 0.3) is 0 Å². The molecule has 0 bridgehead atoms. The van der Waals surface area contributed by atoms with Crippen molar-refractivity contribution in [2.24, 2.45) is 0 Å². The minimum Gasteiger partial charge on any atom is -0.352 e. The van der Waals surface area contributed by atoms with Gasteiger partial charge in [0.1, 0.15) is 17.7 Å². The van der Waals surface area contributed by atoms with Crippen molar-refractivity contribution < 1.29 is 31.5 Å². The van der Waals surface area contributed by atoms with Crippen LogP contribution in [0.15, 0.2) is 60.8 Å². The molecule has 1 aliphatic rings. The Kier molecular flexibility index (Phi) is 6.90. The Labute approximate surface area is 198 Å². The molecule has 1 unspecified atom stereocenters. The van der Waals surface area contributed by atoms with Crippen LogP contribution in [-0.4, -0.2) is 27.8 Å². The fourth-order valence-corrected chi connectivity index (χ4v) is 4.21. The molecule has 35 heavy (non-hydrogen) atoms. The lowest BCUT2D eigenvalue weighted by Crippen LogP contribution is -2.43. The molecule has 0 saturated heterocycles. The van der Waals surface area contributed by atoms with Crippen LogP contribution in [0.25, 0.3) is 0 Å². The maximum atomic E-state index is 14.6. The smallest absolute Gasteiger partial charge is 0.352 e. The molecule has 0 fully saturated rings. The van der Waals surface area contributed by atoms with Crippen LogP contribution in [0.1, 0.15) is 41.3 Å². The number of hydrogen-bond donors (Lipinski definition) is 1. The van der Waals surface area contributed by atoms with Gasteiger partial charge < -0.3 is 14.8 Å². The number of aromatic nitrogens is 1. The summed E-state index contributed by atoms with van der Waals surface area (Å²) in [6, 6.07) is 10.6. The summed E-state index contributed by atoms with van der Waals surface area (Å²) in [5, 5.41) is 2.52. The number of hydrogen-bond acceptors (Lipinski definition) is 2. The molecule has 1 N–H and O–H groups in total. The van der Waals surface area contributed by atoms with Crippen molar-refractivity contribution in [3.63, 3.8) is 0 Å². The van der Waals surface area contributed by atoms with E-state index in [9.17, 15) is 31.5 Å². The summed E-state index contributed by atoms with van der Waals surface area (Å²) in [6.07, 6.45) is -3.03. The molecule has 0 spiro atoms. The Balaban J connectivity index is 1.41. The summed E-state index contributed by atoms with van der Waals surface area (Å²) in [4.78, 5) is 26.8. The van der Waals surface area contributed by atoms with Crippen LogP contribution in [0, 0.1) is 11.6 Å². The van der Waals surface area contributed by atoms with Gasteiger partial charge in [-0.25, -0.2) is 8.78 Å². The predicted molar refractivity (Wildman–Crippen MR) is 117 cm³/mol. The van der Waals surface area contributed by atoms with Crippen LogP contribution < -0.4 is 5.32 Å². The van der Waals surface area contributed by atoms with Crippen molar-refractivity contribution in [1.82, 2.24) is 14.8 Å². The zero-order chi connectivity index (χ0) is 25.2. The third kappa shape index (κ3) is 5.52. The van der Waals surface area contributed by atoms with Gasteiger partial charge >= 0.3 is 6.18 Å². The maximum absolute atomic E-state index is 14.6. The fourth-order valence-electron chi connectivity index (χ4n) is 4.21. The normalized spacial score (nSPS) is 15.6. The lowest BCUT2D eigenvalue weighted by Gasteiger charge is -2.37. The van der Waals surface area contributed by atoms with E-state index < -0.39 is 35.3 Å². The van der Waals surface area contributed by atoms with Gasteiger partial charge in [-0.05, 0) is 35.9 Å². The lowest BCUT2D eigenvalue weighted by atomic mass is 9.98. The summed E-state index contributed by atoms with van der Waals surface area (Å²) in [5.74, 6) is -2.39. The highest BCUT2D eigenvalue weighted by Crippen LogP contribution is 2.34. The first-order valence-corrected chi connectivity index (χ1v) is 11.0. The van der Waals surface area contributed by atoms with Gasteiger partial charge in [-0.3, -0.25) is 9.59 Å². The molecule has 5 nitrogen and oxygen atoms in total. The van der Waals surface area contributed by atoms with Gasteiger partial charge in [0.05, 0.1) is 5.56 Å². The number of fused-ring (bicyclic) bond motifs is 1. The molecule has 184 valence electrons. The number of carbonyl (C=O) groups is 2. The molecule has 0 saturated carbocycles. The number of rotatable bonds is 6. The van der Waals surface area contributed by atoms with Gasteiger partial charge in [0, 0.05) is 56.0 Å². The first-order valence-electron chi connectivity index (χ1n) is 11.0. The van der Waals surface area contributed by atoms with Crippen LogP contribution in [0.2, 0.25) is 0 Å². The van der Waals surface area contributed by atoms with Gasteiger partial charge in [-0.2, -0.15) is 13.2 Å². The number of halogens is 5. The second kappa shape index (κ2) is 9.89. The van der Waals surface area contributed by atoms with Crippen molar-refractivity contribution in [2.45, 2.75) is 38.1 Å². The summed E-state index contributed by atoms with van der Waals surface area (Å²) in [5.41, 5.74) is 0.286. The van der Waals surface area contributed by atoms with Gasteiger partial charge in [-0.1, -0.05) is 18.2 Å². The minimum absolute atomic E-state index is 0.114. The molecule has 2 heterocycles. The Bertz CT molecular complexity index is 1240. The number of benzene rings is 2. The molecule has 0 radical (unpaired) electrons. The van der Waals surface area contributed by atoms with Crippen LogP contribution in [0.4, 0.5) is 22.0 Å². The Morgan fingerprint density at radius 2 is 1.77 bits per heavy atom. The monoisotopic (exact) mass is 491 g/mol. The molecule has 0 aliphatic carbocycles. The molecule has 1 aromatic heterocycles. The topological polar surface area (TPSA) is 54.3 Å². The number of alkyl halides is 3. The first-order chi connectivity index (χ1) is 16.6. The van der Waals surface area contributed by atoms with Crippen LogP contribution in [-0.2, 0) is 28.9 Å². The molecule has 2 amide bonds. The fraction of sp³-hybridized carbons (Fsp3) is 0.280. The van der Waals surface area contributed by atoms with E-state index in [1.165, 1.54) is 23.1 Å². The van der Waals surface area contributed by atoms with Gasteiger partial charge in [-0.15, -0.1) is 0 Å². The minimum atomic E-state index is -4.48. The van der Waals surface area contributed by atoms with Gasteiger partial charge in [0.15, 0.2) is 0 Å². The third-order valence-corrected chi connectivity index (χ3v) is 5.93. The van der Waals surface area contributed by atoms with Crippen molar-refractivity contribution >= 4 is 11.8 Å². The molecule has 1 aliphatic heterocycles. The van der Waals surface area contributed by atoms with E-state index in [1.54, 1.807) is 12.1 Å². The highest BCUT2D eigenvalue weighted by atomic mass is 19.4. The zero-order valence-electron chi connectivity index (χ0n) is 18.5. The van der Waals surface area contributed by atoms with Gasteiger partial charge in [0.2, 0.25) is 11.8 Å². The van der Waals surface area contributed by atoms with Crippen molar-refractivity contribution in [1.29, 1.82) is 0 Å². The SMILES string of the molecule is O=C(CCC(=O)N1CCn2cccc2C1c1ccc(F)cc1F)NCc1cccc(C(F)(F)F)c1. The number of carbonyl (C=O) groups excluding carboxylic acids is 2. The molecular weight excluding hydrogens is 469 g/mol. The van der Waals surface area contributed by atoms with E-state index in [-0.39, 0.29) is 43.0 Å². The summed E-state index contributed by atoms with van der Waals surface area (Å²) < 4.78 is 68.5. The molecular formula is C25H22F5N3O2. The van der Waals surface area contributed by atoms with E-state index >= 15 is 0 Å². The maximum Gasteiger partial charge on any atom is 0.416 e. The summed E-state index contributed by atoms with van der Waals surface area (Å²) in [6.45, 7) is 0.639. The molecule has 4 rings (SSSR count). The van der Waals surface area contributed by atoms with Crippen molar-refractivity contribution in [3.8, 4) is 0 Å². The summed E-state index contributed by atoms with van der Waals surface area (Å²) >= 11 is 0. The van der Waals surface area contributed by atoms with Crippen molar-refractivity contribution in [2.75, 3.05) is 6.54 Å². The average Bonchev–Trinajstić information content (AvgIpc) is 3.29. The largest absolute Gasteiger partial charge is 0.416 e. The van der Waals surface area contributed by atoms with E-state index in [0.717, 1.165) is 24.3 Å². The second-order valence-corrected chi connectivity index (χ2v) is 8.26. The summed E-state index contributed by atoms with van der Waals surface area (Å²) in [7, 11) is 0. The average molecular weight is 491 g/mol. The zero-order valence-corrected chi connectivity index (χ0v) is 18.5. The van der Waals surface area contributed by atoms with E-state index in [0.29, 0.717) is 12.2 Å². The molecule has 2 aromatic carbocycles. The Morgan fingerprint density at radius 1 is 0.971 bits per heavy atom. The highest BCUT2D eigenvalue weighted by Gasteiger charge is 2.34. The Hall–Kier alpha value is -3.69. The van der Waals surface area contributed by atoms with Crippen LogP contribution in [0.3, 0.4) is 0 Å². The molecule has 3 aromatic rings. The third-order valence-electron chi connectivity index (χ3n) is 5.93. The number of nitrogens with one attached hydrogen (secondary N) is 1. The van der Waals surface area contributed by atoms with Crippen molar-refractivity contribution in [3.05, 3.63) is 94.8 Å². The lowest BCUT2D eigenvalue weighted by molar-refractivity contribution is -0.137. The Morgan fingerprint density at radius 3 is 2.51 bits per heavy atom. The van der Waals surface area contributed by atoms with E-state index in [2.05, 4.69) is 5.32 Å².